The van der Waals surface area contributed by atoms with E-state index in [1.807, 2.05) is 0 Å². The van der Waals surface area contributed by atoms with E-state index in [1.165, 1.54) is 13.3 Å². The summed E-state index contributed by atoms with van der Waals surface area (Å²) in [7, 11) is 1.29. The molecular formula is C18H13F3N2O2. The fourth-order valence-corrected chi connectivity index (χ4v) is 2.49. The summed E-state index contributed by atoms with van der Waals surface area (Å²) in [5.41, 5.74) is 0.971. The number of halogens is 3. The molecule has 2 aromatic carbocycles. The minimum Gasteiger partial charge on any atom is -0.465 e. The number of rotatable bonds is 4. The fraction of sp³-hybridized carbons (Fsp3) is 0.111. The minimum absolute atomic E-state index is 0.145. The number of methoxy groups -OCH3 is 1. The zero-order chi connectivity index (χ0) is 18.0. The summed E-state index contributed by atoms with van der Waals surface area (Å²) in [5, 5.41) is 0. The van der Waals surface area contributed by atoms with Gasteiger partial charge < -0.3 is 9.30 Å². The Kier molecular flexibility index (Phi) is 4.56. The fourth-order valence-electron chi connectivity index (χ4n) is 2.49. The molecule has 0 saturated carbocycles. The molecule has 0 amide bonds. The molecule has 3 rings (SSSR count). The number of carbonyl (C=O) groups is 1. The zero-order valence-electron chi connectivity index (χ0n) is 13.2. The van der Waals surface area contributed by atoms with E-state index in [2.05, 4.69) is 9.72 Å². The first-order valence-corrected chi connectivity index (χ1v) is 7.33. The molecule has 1 heterocycles. The Morgan fingerprint density at radius 3 is 2.72 bits per heavy atom. The number of esters is 1. The summed E-state index contributed by atoms with van der Waals surface area (Å²) in [6.07, 6.45) is 3.01. The van der Waals surface area contributed by atoms with Crippen LogP contribution in [0, 0.1) is 17.5 Å². The standard InChI is InChI=1S/C18H13F3N2O2/c1-25-18(24)12-4-2-3-11(9-12)10-23-8-7-22-17(23)13-5-6-14(19)16(21)15(13)20/h2-9H,10H2,1H3. The van der Waals surface area contributed by atoms with E-state index >= 15 is 0 Å². The Hall–Kier alpha value is -3.09. The van der Waals surface area contributed by atoms with Gasteiger partial charge in [-0.1, -0.05) is 12.1 Å². The van der Waals surface area contributed by atoms with Gasteiger partial charge in [-0.3, -0.25) is 0 Å². The molecule has 25 heavy (non-hydrogen) atoms. The minimum atomic E-state index is -1.54. The molecule has 0 unspecified atom stereocenters. The third-order valence-electron chi connectivity index (χ3n) is 3.69. The lowest BCUT2D eigenvalue weighted by Gasteiger charge is -2.10. The average molecular weight is 346 g/mol. The summed E-state index contributed by atoms with van der Waals surface area (Å²) >= 11 is 0. The normalized spacial score (nSPS) is 10.7. The number of benzene rings is 2. The van der Waals surface area contributed by atoms with Crippen LogP contribution in [0.4, 0.5) is 13.2 Å². The Labute approximate surface area is 141 Å². The van der Waals surface area contributed by atoms with Crippen LogP contribution in [0.5, 0.6) is 0 Å². The zero-order valence-corrected chi connectivity index (χ0v) is 13.2. The Morgan fingerprint density at radius 1 is 1.16 bits per heavy atom. The van der Waals surface area contributed by atoms with Gasteiger partial charge in [0.25, 0.3) is 0 Å². The molecule has 0 fully saturated rings. The van der Waals surface area contributed by atoms with E-state index in [-0.39, 0.29) is 17.9 Å². The Bertz CT molecular complexity index is 938. The second kappa shape index (κ2) is 6.80. The first-order chi connectivity index (χ1) is 12.0. The smallest absolute Gasteiger partial charge is 0.337 e. The van der Waals surface area contributed by atoms with Gasteiger partial charge in [-0.2, -0.15) is 0 Å². The van der Waals surface area contributed by atoms with E-state index in [1.54, 1.807) is 35.0 Å². The second-order valence-corrected chi connectivity index (χ2v) is 5.29. The van der Waals surface area contributed by atoms with Crippen molar-refractivity contribution in [1.29, 1.82) is 0 Å². The van der Waals surface area contributed by atoms with E-state index in [9.17, 15) is 18.0 Å². The molecule has 3 aromatic rings. The molecule has 0 aliphatic carbocycles. The highest BCUT2D eigenvalue weighted by Crippen LogP contribution is 2.25. The number of hydrogen-bond acceptors (Lipinski definition) is 3. The van der Waals surface area contributed by atoms with Crippen LogP contribution in [0.25, 0.3) is 11.4 Å². The second-order valence-electron chi connectivity index (χ2n) is 5.29. The third-order valence-corrected chi connectivity index (χ3v) is 3.69. The quantitative estimate of drug-likeness (QED) is 0.533. The van der Waals surface area contributed by atoms with Crippen LogP contribution in [0.2, 0.25) is 0 Å². The van der Waals surface area contributed by atoms with E-state index in [4.69, 9.17) is 0 Å². The van der Waals surface area contributed by atoms with Crippen LogP contribution in [0.15, 0.2) is 48.8 Å². The van der Waals surface area contributed by atoms with Crippen LogP contribution in [0.3, 0.4) is 0 Å². The lowest BCUT2D eigenvalue weighted by atomic mass is 10.1. The van der Waals surface area contributed by atoms with Crippen molar-refractivity contribution in [2.75, 3.05) is 7.11 Å². The molecule has 4 nitrogen and oxygen atoms in total. The molecule has 0 saturated heterocycles. The van der Waals surface area contributed by atoms with Crippen molar-refractivity contribution in [1.82, 2.24) is 9.55 Å². The first-order valence-electron chi connectivity index (χ1n) is 7.33. The van der Waals surface area contributed by atoms with Crippen molar-refractivity contribution in [3.63, 3.8) is 0 Å². The van der Waals surface area contributed by atoms with Crippen molar-refractivity contribution in [2.24, 2.45) is 0 Å². The number of carbonyl (C=O) groups excluding carboxylic acids is 1. The molecule has 1 aromatic heterocycles. The molecule has 0 bridgehead atoms. The molecule has 128 valence electrons. The molecule has 7 heteroatoms. The molecule has 0 N–H and O–H groups in total. The molecular weight excluding hydrogens is 333 g/mol. The summed E-state index contributed by atoms with van der Waals surface area (Å²) in [6.45, 7) is 0.263. The van der Waals surface area contributed by atoms with Crippen LogP contribution in [-0.4, -0.2) is 22.6 Å². The van der Waals surface area contributed by atoms with Crippen molar-refractivity contribution in [3.8, 4) is 11.4 Å². The first kappa shape index (κ1) is 16.8. The van der Waals surface area contributed by atoms with Gasteiger partial charge in [0, 0.05) is 18.9 Å². The van der Waals surface area contributed by atoms with Gasteiger partial charge in [0.1, 0.15) is 5.82 Å². The maximum Gasteiger partial charge on any atom is 0.337 e. The van der Waals surface area contributed by atoms with Gasteiger partial charge in [-0.05, 0) is 29.8 Å². The van der Waals surface area contributed by atoms with E-state index in [0.29, 0.717) is 5.56 Å². The van der Waals surface area contributed by atoms with Crippen LogP contribution in [-0.2, 0) is 11.3 Å². The van der Waals surface area contributed by atoms with Crippen molar-refractivity contribution < 1.29 is 22.7 Å². The van der Waals surface area contributed by atoms with Gasteiger partial charge in [0.05, 0.1) is 18.2 Å². The van der Waals surface area contributed by atoms with Crippen LogP contribution in [0.1, 0.15) is 15.9 Å². The number of hydrogen-bond donors (Lipinski definition) is 0. The lowest BCUT2D eigenvalue weighted by Crippen LogP contribution is -2.06. The monoisotopic (exact) mass is 346 g/mol. The van der Waals surface area contributed by atoms with Crippen molar-refractivity contribution in [2.45, 2.75) is 6.54 Å². The molecule has 0 radical (unpaired) electrons. The SMILES string of the molecule is COC(=O)c1cccc(Cn2ccnc2-c2ccc(F)c(F)c2F)c1. The lowest BCUT2D eigenvalue weighted by molar-refractivity contribution is 0.0600. The number of nitrogens with zero attached hydrogens (tertiary/aromatic N) is 2. The van der Waals surface area contributed by atoms with Gasteiger partial charge in [-0.15, -0.1) is 0 Å². The highest BCUT2D eigenvalue weighted by atomic mass is 19.2. The van der Waals surface area contributed by atoms with E-state index in [0.717, 1.165) is 17.7 Å². The summed E-state index contributed by atoms with van der Waals surface area (Å²) in [5.74, 6) is -4.42. The van der Waals surface area contributed by atoms with Gasteiger partial charge in [0.2, 0.25) is 0 Å². The Balaban J connectivity index is 1.96. The van der Waals surface area contributed by atoms with Crippen molar-refractivity contribution in [3.05, 3.63) is 77.4 Å². The number of aromatic nitrogens is 2. The third kappa shape index (κ3) is 3.26. The number of imidazole rings is 1. The molecule has 0 aliphatic heterocycles. The molecule has 0 spiro atoms. The summed E-state index contributed by atoms with van der Waals surface area (Å²) in [6, 6.07) is 8.70. The topological polar surface area (TPSA) is 44.1 Å². The number of ether oxygens (including phenoxy) is 1. The predicted octanol–water partition coefficient (Wildman–Crippen LogP) is 3.80. The predicted molar refractivity (Wildman–Crippen MR) is 84.4 cm³/mol. The van der Waals surface area contributed by atoms with Crippen LogP contribution < -0.4 is 0 Å². The van der Waals surface area contributed by atoms with Crippen molar-refractivity contribution >= 4 is 5.97 Å². The largest absolute Gasteiger partial charge is 0.465 e. The average Bonchev–Trinajstić information content (AvgIpc) is 3.07. The molecule has 0 atom stereocenters. The van der Waals surface area contributed by atoms with Gasteiger partial charge in [-0.25, -0.2) is 22.9 Å². The maximum atomic E-state index is 14.0. The maximum absolute atomic E-state index is 14.0. The summed E-state index contributed by atoms with van der Waals surface area (Å²) < 4.78 is 46.9. The summed E-state index contributed by atoms with van der Waals surface area (Å²) in [4.78, 5) is 15.6. The van der Waals surface area contributed by atoms with Crippen LogP contribution >= 0.6 is 0 Å². The molecule has 0 aliphatic rings. The van der Waals surface area contributed by atoms with Gasteiger partial charge in [0.15, 0.2) is 17.5 Å². The highest BCUT2D eigenvalue weighted by Gasteiger charge is 2.18. The Morgan fingerprint density at radius 2 is 1.96 bits per heavy atom. The van der Waals surface area contributed by atoms with Gasteiger partial charge >= 0.3 is 5.97 Å². The highest BCUT2D eigenvalue weighted by molar-refractivity contribution is 5.89. The van der Waals surface area contributed by atoms with E-state index < -0.39 is 23.4 Å².